The van der Waals surface area contributed by atoms with Crippen LogP contribution in [0.1, 0.15) is 45.4 Å². The van der Waals surface area contributed by atoms with Crippen LogP contribution in [-0.2, 0) is 4.79 Å². The highest BCUT2D eigenvalue weighted by atomic mass is 16.4. The third-order valence-electron chi connectivity index (χ3n) is 3.65. The molecule has 2 N–H and O–H groups in total. The van der Waals surface area contributed by atoms with Gasteiger partial charge in [-0.2, -0.15) is 0 Å². The molecule has 5 nitrogen and oxygen atoms in total. The van der Waals surface area contributed by atoms with E-state index in [4.69, 9.17) is 5.11 Å². The maximum atomic E-state index is 11.9. The van der Waals surface area contributed by atoms with Gasteiger partial charge in [-0.3, -0.25) is 4.79 Å². The number of aliphatic carboxylic acids is 1. The van der Waals surface area contributed by atoms with Crippen molar-refractivity contribution < 1.29 is 14.7 Å². The Morgan fingerprint density at radius 2 is 2.00 bits per heavy atom. The molecule has 5 heteroatoms. The molecule has 0 aliphatic heterocycles. The normalized spacial score (nSPS) is 17.4. The van der Waals surface area contributed by atoms with Crippen molar-refractivity contribution >= 4 is 12.0 Å². The zero-order valence-corrected chi connectivity index (χ0v) is 11.3. The number of carbonyl (C=O) groups is 2. The first-order valence-corrected chi connectivity index (χ1v) is 6.73. The molecule has 0 aromatic heterocycles. The van der Waals surface area contributed by atoms with Crippen molar-refractivity contribution in [2.45, 2.75) is 51.5 Å². The third kappa shape index (κ3) is 4.94. The quantitative estimate of drug-likeness (QED) is 0.764. The number of nitrogens with one attached hydrogen (secondary N) is 1. The van der Waals surface area contributed by atoms with Crippen LogP contribution in [0.15, 0.2) is 0 Å². The van der Waals surface area contributed by atoms with Gasteiger partial charge in [0.15, 0.2) is 0 Å². The summed E-state index contributed by atoms with van der Waals surface area (Å²) in [5, 5.41) is 11.5. The first kappa shape index (κ1) is 14.8. The Labute approximate surface area is 109 Å². The van der Waals surface area contributed by atoms with Gasteiger partial charge in [0.2, 0.25) is 0 Å². The molecule has 1 aliphatic carbocycles. The van der Waals surface area contributed by atoms with Crippen molar-refractivity contribution in [3.8, 4) is 0 Å². The van der Waals surface area contributed by atoms with Crippen molar-refractivity contribution in [2.75, 3.05) is 13.6 Å². The Hall–Kier alpha value is -1.26. The Morgan fingerprint density at radius 1 is 1.39 bits per heavy atom. The molecule has 1 fully saturated rings. The number of amides is 2. The zero-order valence-electron chi connectivity index (χ0n) is 11.3. The lowest BCUT2D eigenvalue weighted by molar-refractivity contribution is -0.137. The molecule has 0 bridgehead atoms. The van der Waals surface area contributed by atoms with Gasteiger partial charge < -0.3 is 15.3 Å². The average molecular weight is 256 g/mol. The summed E-state index contributed by atoms with van der Waals surface area (Å²) >= 11 is 0. The maximum absolute atomic E-state index is 11.9. The summed E-state index contributed by atoms with van der Waals surface area (Å²) in [4.78, 5) is 24.1. The van der Waals surface area contributed by atoms with E-state index < -0.39 is 5.97 Å². The van der Waals surface area contributed by atoms with Crippen LogP contribution in [0.2, 0.25) is 0 Å². The summed E-state index contributed by atoms with van der Waals surface area (Å²) < 4.78 is 0. The SMILES string of the molecule is CC(CCC(=O)O)CNC(=O)N(C)C1CCCC1. The van der Waals surface area contributed by atoms with Crippen molar-refractivity contribution in [3.63, 3.8) is 0 Å². The summed E-state index contributed by atoms with van der Waals surface area (Å²) in [6, 6.07) is 0.336. The number of urea groups is 1. The lowest BCUT2D eigenvalue weighted by Crippen LogP contribution is -2.43. The second-order valence-corrected chi connectivity index (χ2v) is 5.27. The Balaban J connectivity index is 2.20. The van der Waals surface area contributed by atoms with Crippen LogP contribution in [0.3, 0.4) is 0 Å². The standard InChI is InChI=1S/C13H24N2O3/c1-10(7-8-12(16)17)9-14-13(18)15(2)11-5-3-4-6-11/h10-11H,3-9H2,1-2H3,(H,14,18)(H,16,17). The molecule has 1 unspecified atom stereocenters. The molecule has 0 saturated heterocycles. The monoisotopic (exact) mass is 256 g/mol. The van der Waals surface area contributed by atoms with E-state index in [0.717, 1.165) is 12.8 Å². The van der Waals surface area contributed by atoms with Crippen molar-refractivity contribution in [3.05, 3.63) is 0 Å². The van der Waals surface area contributed by atoms with E-state index in [2.05, 4.69) is 5.32 Å². The molecule has 0 aromatic carbocycles. The van der Waals surface area contributed by atoms with Crippen molar-refractivity contribution in [1.82, 2.24) is 10.2 Å². The Morgan fingerprint density at radius 3 is 2.56 bits per heavy atom. The molecule has 0 heterocycles. The minimum Gasteiger partial charge on any atom is -0.481 e. The van der Waals surface area contributed by atoms with E-state index in [9.17, 15) is 9.59 Å². The van der Waals surface area contributed by atoms with Gasteiger partial charge in [0, 0.05) is 26.1 Å². The van der Waals surface area contributed by atoms with Crippen molar-refractivity contribution in [2.24, 2.45) is 5.92 Å². The van der Waals surface area contributed by atoms with Gasteiger partial charge >= 0.3 is 12.0 Å². The number of hydrogen-bond acceptors (Lipinski definition) is 2. The van der Waals surface area contributed by atoms with Gasteiger partial charge in [0.1, 0.15) is 0 Å². The second-order valence-electron chi connectivity index (χ2n) is 5.27. The Kier molecular flexibility index (Phi) is 5.95. The number of carboxylic acid groups (broad SMARTS) is 1. The van der Waals surface area contributed by atoms with Crippen LogP contribution < -0.4 is 5.32 Å². The van der Waals surface area contributed by atoms with E-state index in [1.165, 1.54) is 12.8 Å². The fourth-order valence-electron chi connectivity index (χ4n) is 2.32. The lowest BCUT2D eigenvalue weighted by atomic mass is 10.1. The van der Waals surface area contributed by atoms with Crippen molar-refractivity contribution in [1.29, 1.82) is 0 Å². The van der Waals surface area contributed by atoms with Gasteiger partial charge in [-0.25, -0.2) is 4.79 Å². The first-order chi connectivity index (χ1) is 8.50. The number of carbonyl (C=O) groups excluding carboxylic acids is 1. The summed E-state index contributed by atoms with van der Waals surface area (Å²) in [6.45, 7) is 2.50. The largest absolute Gasteiger partial charge is 0.481 e. The van der Waals surface area contributed by atoms with Crippen LogP contribution in [-0.4, -0.2) is 41.6 Å². The van der Waals surface area contributed by atoms with E-state index in [1.54, 1.807) is 4.90 Å². The van der Waals surface area contributed by atoms with E-state index >= 15 is 0 Å². The fraction of sp³-hybridized carbons (Fsp3) is 0.846. The summed E-state index contributed by atoms with van der Waals surface area (Å²) in [6.07, 6.45) is 5.36. The molecule has 18 heavy (non-hydrogen) atoms. The summed E-state index contributed by atoms with van der Waals surface area (Å²) in [5.41, 5.74) is 0. The fourth-order valence-corrected chi connectivity index (χ4v) is 2.32. The first-order valence-electron chi connectivity index (χ1n) is 6.73. The number of rotatable bonds is 6. The van der Waals surface area contributed by atoms with Crippen LogP contribution in [0, 0.1) is 5.92 Å². The Bertz CT molecular complexity index is 288. The smallest absolute Gasteiger partial charge is 0.317 e. The molecule has 104 valence electrons. The van der Waals surface area contributed by atoms with Crippen LogP contribution in [0.5, 0.6) is 0 Å². The highest BCUT2D eigenvalue weighted by Crippen LogP contribution is 2.22. The molecule has 1 rings (SSSR count). The molecule has 1 atom stereocenters. The lowest BCUT2D eigenvalue weighted by Gasteiger charge is -2.25. The molecule has 0 radical (unpaired) electrons. The minimum absolute atomic E-state index is 0.0379. The summed E-state index contributed by atoms with van der Waals surface area (Å²) in [5.74, 6) is -0.585. The van der Waals surface area contributed by atoms with Crippen LogP contribution in [0.4, 0.5) is 4.79 Å². The van der Waals surface area contributed by atoms with Gasteiger partial charge in [-0.1, -0.05) is 19.8 Å². The maximum Gasteiger partial charge on any atom is 0.317 e. The predicted octanol–water partition coefficient (Wildman–Crippen LogP) is 2.07. The number of hydrogen-bond donors (Lipinski definition) is 2. The average Bonchev–Trinajstić information content (AvgIpc) is 2.86. The molecule has 1 saturated carbocycles. The topological polar surface area (TPSA) is 69.6 Å². The van der Waals surface area contributed by atoms with E-state index in [-0.39, 0.29) is 18.4 Å². The highest BCUT2D eigenvalue weighted by Gasteiger charge is 2.23. The van der Waals surface area contributed by atoms with Gasteiger partial charge in [0.25, 0.3) is 0 Å². The molecule has 0 spiro atoms. The van der Waals surface area contributed by atoms with Crippen LogP contribution >= 0.6 is 0 Å². The molecule has 0 aromatic rings. The molecule has 2 amide bonds. The zero-order chi connectivity index (χ0) is 13.5. The van der Waals surface area contributed by atoms with Gasteiger partial charge in [-0.05, 0) is 25.2 Å². The van der Waals surface area contributed by atoms with Crippen LogP contribution in [0.25, 0.3) is 0 Å². The van der Waals surface area contributed by atoms with Gasteiger partial charge in [-0.15, -0.1) is 0 Å². The van der Waals surface area contributed by atoms with Gasteiger partial charge in [0.05, 0.1) is 0 Å². The van der Waals surface area contributed by atoms with E-state index in [0.29, 0.717) is 19.0 Å². The molecule has 1 aliphatic rings. The van der Waals surface area contributed by atoms with E-state index in [1.807, 2.05) is 14.0 Å². The third-order valence-corrected chi connectivity index (χ3v) is 3.65. The summed E-state index contributed by atoms with van der Waals surface area (Å²) in [7, 11) is 1.84. The molecular weight excluding hydrogens is 232 g/mol. The predicted molar refractivity (Wildman–Crippen MR) is 69.5 cm³/mol. The second kappa shape index (κ2) is 7.24. The number of carboxylic acids is 1. The number of nitrogens with zero attached hydrogens (tertiary/aromatic N) is 1. The highest BCUT2D eigenvalue weighted by molar-refractivity contribution is 5.74. The minimum atomic E-state index is -0.781. The molecular formula is C13H24N2O3.